The van der Waals surface area contributed by atoms with Crippen LogP contribution in [0, 0.1) is 0 Å². The lowest BCUT2D eigenvalue weighted by Gasteiger charge is -2.05. The van der Waals surface area contributed by atoms with Crippen LogP contribution in [0.25, 0.3) is 0 Å². The van der Waals surface area contributed by atoms with E-state index in [1.54, 1.807) is 13.3 Å². The quantitative estimate of drug-likeness (QED) is 0.787. The lowest BCUT2D eigenvalue weighted by atomic mass is 10.3. The van der Waals surface area contributed by atoms with Crippen LogP contribution in [-0.2, 0) is 22.9 Å². The van der Waals surface area contributed by atoms with Gasteiger partial charge in [-0.1, -0.05) is 20.8 Å². The summed E-state index contributed by atoms with van der Waals surface area (Å²) in [6.07, 6.45) is 3.57. The molecule has 5 nitrogen and oxygen atoms in total. The van der Waals surface area contributed by atoms with Crippen molar-refractivity contribution in [1.29, 1.82) is 0 Å². The monoisotopic (exact) mass is 259 g/mol. The minimum Gasteiger partial charge on any atom is -0.336 e. The maximum absolute atomic E-state index is 11.3. The normalized spacial score (nSPS) is 12.2. The zero-order valence-corrected chi connectivity index (χ0v) is 11.5. The minimum atomic E-state index is -2.90. The van der Waals surface area contributed by atoms with Gasteiger partial charge in [0.1, 0.15) is 0 Å². The molecule has 0 saturated heterocycles. The molecule has 0 radical (unpaired) electrons. The van der Waals surface area contributed by atoms with Crippen molar-refractivity contribution >= 4 is 9.84 Å². The van der Waals surface area contributed by atoms with Crippen molar-refractivity contribution in [3.63, 3.8) is 0 Å². The number of hydrogen-bond acceptors (Lipinski definition) is 4. The second-order valence-corrected chi connectivity index (χ2v) is 6.85. The third-order valence-corrected chi connectivity index (χ3v) is 4.16. The highest BCUT2D eigenvalue weighted by atomic mass is 32.2. The number of aryl methyl sites for hydroxylation is 1. The fourth-order valence-electron chi connectivity index (χ4n) is 1.32. The number of rotatable bonds is 7. The molecule has 0 amide bonds. The highest BCUT2D eigenvalue weighted by molar-refractivity contribution is 7.91. The summed E-state index contributed by atoms with van der Waals surface area (Å²) in [5.74, 6) is 0.375. The zero-order valence-electron chi connectivity index (χ0n) is 10.7. The van der Waals surface area contributed by atoms with Crippen LogP contribution in [-0.4, -0.2) is 35.5 Å². The Kier molecular flexibility index (Phi) is 5.14. The Hall–Kier alpha value is -0.880. The summed E-state index contributed by atoms with van der Waals surface area (Å²) in [5.41, 5.74) is 0.938. The summed E-state index contributed by atoms with van der Waals surface area (Å²) >= 11 is 0. The van der Waals surface area contributed by atoms with Gasteiger partial charge in [-0.3, -0.25) is 0 Å². The van der Waals surface area contributed by atoms with Gasteiger partial charge in [-0.05, 0) is 0 Å². The molecule has 17 heavy (non-hydrogen) atoms. The van der Waals surface area contributed by atoms with Gasteiger partial charge in [0.2, 0.25) is 0 Å². The molecule has 0 saturated carbocycles. The van der Waals surface area contributed by atoms with Crippen molar-refractivity contribution in [3.05, 3.63) is 18.2 Å². The van der Waals surface area contributed by atoms with Gasteiger partial charge in [0.05, 0.1) is 17.8 Å². The molecule has 98 valence electrons. The summed E-state index contributed by atoms with van der Waals surface area (Å²) in [6, 6.07) is 0.417. The minimum absolute atomic E-state index is 0.177. The zero-order chi connectivity index (χ0) is 12.9. The molecule has 1 rings (SSSR count). The van der Waals surface area contributed by atoms with Crippen molar-refractivity contribution < 1.29 is 8.42 Å². The van der Waals surface area contributed by atoms with Gasteiger partial charge in [0, 0.05) is 31.1 Å². The van der Waals surface area contributed by atoms with Crippen LogP contribution >= 0.6 is 0 Å². The highest BCUT2D eigenvalue weighted by Crippen LogP contribution is 1.99. The van der Waals surface area contributed by atoms with Crippen LogP contribution in [0.2, 0.25) is 0 Å². The SMILES string of the molecule is CCS(=O)(=O)CCn1cnc(CNC(C)C)c1. The number of sulfone groups is 1. The summed E-state index contributed by atoms with van der Waals surface area (Å²) < 4.78 is 24.5. The van der Waals surface area contributed by atoms with Crippen molar-refractivity contribution in [2.45, 2.75) is 39.9 Å². The Morgan fingerprint density at radius 3 is 2.76 bits per heavy atom. The first kappa shape index (κ1) is 14.2. The molecule has 1 N–H and O–H groups in total. The molecule has 0 aliphatic carbocycles. The van der Waals surface area contributed by atoms with Crippen molar-refractivity contribution in [1.82, 2.24) is 14.9 Å². The summed E-state index contributed by atoms with van der Waals surface area (Å²) in [5, 5.41) is 3.26. The average molecular weight is 259 g/mol. The largest absolute Gasteiger partial charge is 0.336 e. The molecule has 6 heteroatoms. The number of hydrogen-bond donors (Lipinski definition) is 1. The molecular formula is C11H21N3O2S. The summed E-state index contributed by atoms with van der Waals surface area (Å²) in [4.78, 5) is 4.22. The van der Waals surface area contributed by atoms with E-state index in [0.29, 0.717) is 19.1 Å². The van der Waals surface area contributed by atoms with Crippen molar-refractivity contribution in [2.75, 3.05) is 11.5 Å². The molecule has 0 spiro atoms. The van der Waals surface area contributed by atoms with E-state index in [2.05, 4.69) is 24.1 Å². The molecule has 1 aromatic heterocycles. The Labute approximate surface area is 103 Å². The van der Waals surface area contributed by atoms with Gasteiger partial charge in [0.25, 0.3) is 0 Å². The van der Waals surface area contributed by atoms with E-state index in [-0.39, 0.29) is 11.5 Å². The van der Waals surface area contributed by atoms with Gasteiger partial charge in [-0.25, -0.2) is 13.4 Å². The van der Waals surface area contributed by atoms with Crippen LogP contribution in [0.15, 0.2) is 12.5 Å². The van der Waals surface area contributed by atoms with Crippen LogP contribution in [0.4, 0.5) is 0 Å². The molecular weight excluding hydrogens is 238 g/mol. The Balaban J connectivity index is 2.46. The molecule has 0 aliphatic rings. The third kappa shape index (κ3) is 5.32. The molecule has 0 fully saturated rings. The Morgan fingerprint density at radius 1 is 1.47 bits per heavy atom. The van der Waals surface area contributed by atoms with Crippen molar-refractivity contribution in [3.8, 4) is 0 Å². The fourth-order valence-corrected chi connectivity index (χ4v) is 2.10. The van der Waals surface area contributed by atoms with Crippen LogP contribution in [0.5, 0.6) is 0 Å². The van der Waals surface area contributed by atoms with E-state index in [1.807, 2.05) is 10.8 Å². The van der Waals surface area contributed by atoms with Crippen LogP contribution < -0.4 is 5.32 Å². The van der Waals surface area contributed by atoms with E-state index in [4.69, 9.17) is 0 Å². The average Bonchev–Trinajstić information content (AvgIpc) is 2.72. The number of nitrogens with one attached hydrogen (secondary N) is 1. The summed E-state index contributed by atoms with van der Waals surface area (Å²) in [7, 11) is -2.90. The molecule has 1 aromatic rings. The molecule has 0 aromatic carbocycles. The van der Waals surface area contributed by atoms with Crippen LogP contribution in [0.1, 0.15) is 26.5 Å². The predicted molar refractivity (Wildman–Crippen MR) is 68.5 cm³/mol. The van der Waals surface area contributed by atoms with Crippen LogP contribution in [0.3, 0.4) is 0 Å². The van der Waals surface area contributed by atoms with Gasteiger partial charge in [0.15, 0.2) is 9.84 Å². The highest BCUT2D eigenvalue weighted by Gasteiger charge is 2.07. The smallest absolute Gasteiger partial charge is 0.151 e. The van der Waals surface area contributed by atoms with E-state index < -0.39 is 9.84 Å². The number of aromatic nitrogens is 2. The van der Waals surface area contributed by atoms with Gasteiger partial charge < -0.3 is 9.88 Å². The second kappa shape index (κ2) is 6.16. The van der Waals surface area contributed by atoms with E-state index in [0.717, 1.165) is 5.69 Å². The molecule has 0 bridgehead atoms. The van der Waals surface area contributed by atoms with Gasteiger partial charge in [-0.15, -0.1) is 0 Å². The Bertz CT molecular complexity index is 437. The first-order valence-corrected chi connectivity index (χ1v) is 7.69. The third-order valence-electron chi connectivity index (χ3n) is 2.48. The Morgan fingerprint density at radius 2 is 2.18 bits per heavy atom. The standard InChI is InChI=1S/C11H21N3O2S/c1-4-17(15,16)6-5-14-8-11(13-9-14)7-12-10(2)3/h8-10,12H,4-7H2,1-3H3. The first-order valence-electron chi connectivity index (χ1n) is 5.87. The first-order chi connectivity index (χ1) is 7.93. The van der Waals surface area contributed by atoms with E-state index >= 15 is 0 Å². The molecule has 0 unspecified atom stereocenters. The molecule has 1 heterocycles. The second-order valence-electron chi connectivity index (χ2n) is 4.37. The summed E-state index contributed by atoms with van der Waals surface area (Å²) in [6.45, 7) is 7.01. The van der Waals surface area contributed by atoms with Gasteiger partial charge in [-0.2, -0.15) is 0 Å². The lowest BCUT2D eigenvalue weighted by Crippen LogP contribution is -2.22. The van der Waals surface area contributed by atoms with Gasteiger partial charge >= 0.3 is 0 Å². The van der Waals surface area contributed by atoms with Crippen molar-refractivity contribution in [2.24, 2.45) is 0 Å². The maximum atomic E-state index is 11.3. The van der Waals surface area contributed by atoms with E-state index in [9.17, 15) is 8.42 Å². The predicted octanol–water partition coefficient (Wildman–Crippen LogP) is 0.816. The van der Waals surface area contributed by atoms with E-state index in [1.165, 1.54) is 0 Å². The number of nitrogens with zero attached hydrogens (tertiary/aromatic N) is 2. The molecule has 0 aliphatic heterocycles. The maximum Gasteiger partial charge on any atom is 0.151 e. The fraction of sp³-hybridized carbons (Fsp3) is 0.727. The lowest BCUT2D eigenvalue weighted by molar-refractivity contribution is 0.581. The molecule has 0 atom stereocenters. The number of imidazole rings is 1. The topological polar surface area (TPSA) is 64.0 Å².